The molecule has 7 nitrogen and oxygen atoms in total. The van der Waals surface area contributed by atoms with Crippen LogP contribution in [0.4, 0.5) is 5.69 Å². The highest BCUT2D eigenvalue weighted by Crippen LogP contribution is 2.30. The topological polar surface area (TPSA) is 86.8 Å². The Balaban J connectivity index is 2.12. The normalized spacial score (nSPS) is 12.5. The Hall–Kier alpha value is -3.07. The van der Waals surface area contributed by atoms with Crippen molar-refractivity contribution in [2.45, 2.75) is 71.0 Å². The van der Waals surface area contributed by atoms with E-state index in [9.17, 15) is 18.0 Å². The number of aryl methyl sites for hydroxylation is 2. The van der Waals surface area contributed by atoms with Gasteiger partial charge in [0.2, 0.25) is 11.8 Å². The molecule has 3 rings (SSSR count). The summed E-state index contributed by atoms with van der Waals surface area (Å²) in [6.45, 7) is 10.7. The third kappa shape index (κ3) is 8.47. The number of sulfonamides is 1. The number of carbonyl (C=O) groups excluding carboxylic acids is 2. The first kappa shape index (κ1) is 32.4. The second kappa shape index (κ2) is 13.3. The predicted molar refractivity (Wildman–Crippen MR) is 166 cm³/mol. The van der Waals surface area contributed by atoms with E-state index < -0.39 is 34.1 Å². The van der Waals surface area contributed by atoms with Gasteiger partial charge < -0.3 is 10.2 Å². The largest absolute Gasteiger partial charge is 0.350 e. The molecule has 0 saturated heterocycles. The first-order valence-corrected chi connectivity index (χ1v) is 15.5. The van der Waals surface area contributed by atoms with Crippen LogP contribution in [0.2, 0.25) is 10.0 Å². The fourth-order valence-electron chi connectivity index (χ4n) is 4.39. The zero-order valence-electron chi connectivity index (χ0n) is 24.2. The van der Waals surface area contributed by atoms with Crippen LogP contribution in [0, 0.1) is 13.8 Å². The maximum Gasteiger partial charge on any atom is 0.264 e. The molecule has 0 aliphatic carbocycles. The standard InChI is InChI=1S/C31H37Cl2N3O4S/c1-7-28(30(38)34-31(4,5)6)35(19-23-11-9-8-10-22(23)3)29(37)20-36(26-17-24(32)16-25(33)18-26)41(39,40)27-14-12-21(2)13-15-27/h8-18,28H,7,19-20H2,1-6H3,(H,34,38)/t28-/m0/s1. The van der Waals surface area contributed by atoms with E-state index >= 15 is 0 Å². The zero-order chi connectivity index (χ0) is 30.5. The smallest absolute Gasteiger partial charge is 0.264 e. The summed E-state index contributed by atoms with van der Waals surface area (Å²) >= 11 is 12.5. The summed E-state index contributed by atoms with van der Waals surface area (Å²) in [5.41, 5.74) is 2.29. The lowest BCUT2D eigenvalue weighted by molar-refractivity contribution is -0.141. The molecule has 0 unspecified atom stereocenters. The quantitative estimate of drug-likeness (QED) is 0.280. The molecule has 0 saturated carbocycles. The van der Waals surface area contributed by atoms with Crippen LogP contribution in [0.3, 0.4) is 0 Å². The number of rotatable bonds is 10. The number of anilines is 1. The molecule has 3 aromatic carbocycles. The molecule has 0 heterocycles. The van der Waals surface area contributed by atoms with Crippen molar-refractivity contribution in [3.63, 3.8) is 0 Å². The van der Waals surface area contributed by atoms with Crippen molar-refractivity contribution < 1.29 is 18.0 Å². The number of nitrogens with zero attached hydrogens (tertiary/aromatic N) is 2. The van der Waals surface area contributed by atoms with Crippen molar-refractivity contribution in [1.82, 2.24) is 10.2 Å². The fourth-order valence-corrected chi connectivity index (χ4v) is 6.31. The van der Waals surface area contributed by atoms with Gasteiger partial charge in [0.05, 0.1) is 10.6 Å². The Kier molecular flexibility index (Phi) is 10.5. The number of benzene rings is 3. The minimum absolute atomic E-state index is 0.00923. The van der Waals surface area contributed by atoms with Crippen molar-refractivity contribution >= 4 is 50.7 Å². The van der Waals surface area contributed by atoms with E-state index in [-0.39, 0.29) is 33.1 Å². The maximum atomic E-state index is 14.2. The summed E-state index contributed by atoms with van der Waals surface area (Å²) in [4.78, 5) is 29.1. The van der Waals surface area contributed by atoms with Gasteiger partial charge >= 0.3 is 0 Å². The van der Waals surface area contributed by atoms with Crippen LogP contribution in [-0.2, 0) is 26.2 Å². The SMILES string of the molecule is CC[C@@H](C(=O)NC(C)(C)C)N(Cc1ccccc1C)C(=O)CN(c1cc(Cl)cc(Cl)c1)S(=O)(=O)c1ccc(C)cc1. The van der Waals surface area contributed by atoms with Crippen molar-refractivity contribution in [2.24, 2.45) is 0 Å². The number of hydrogen-bond donors (Lipinski definition) is 1. The Labute approximate surface area is 253 Å². The minimum atomic E-state index is -4.23. The number of halogens is 2. The van der Waals surface area contributed by atoms with Crippen LogP contribution < -0.4 is 9.62 Å². The van der Waals surface area contributed by atoms with Crippen molar-refractivity contribution in [3.8, 4) is 0 Å². The van der Waals surface area contributed by atoms with Gasteiger partial charge in [-0.3, -0.25) is 13.9 Å². The third-order valence-electron chi connectivity index (χ3n) is 6.51. The fraction of sp³-hybridized carbons (Fsp3) is 0.355. The molecular weight excluding hydrogens is 581 g/mol. The van der Waals surface area contributed by atoms with Gasteiger partial charge in [0.15, 0.2) is 0 Å². The second-order valence-electron chi connectivity index (χ2n) is 11.1. The molecule has 0 aliphatic heterocycles. The van der Waals surface area contributed by atoms with Gasteiger partial charge in [-0.2, -0.15) is 0 Å². The van der Waals surface area contributed by atoms with Crippen LogP contribution in [0.15, 0.2) is 71.6 Å². The first-order valence-electron chi connectivity index (χ1n) is 13.3. The van der Waals surface area contributed by atoms with E-state index in [1.807, 2.05) is 65.8 Å². The molecule has 1 atom stereocenters. The molecule has 0 spiro atoms. The molecular formula is C31H37Cl2N3O4S. The van der Waals surface area contributed by atoms with Gasteiger partial charge in [-0.15, -0.1) is 0 Å². The first-order chi connectivity index (χ1) is 19.1. The van der Waals surface area contributed by atoms with Crippen LogP contribution in [-0.4, -0.2) is 43.3 Å². The molecule has 1 N–H and O–H groups in total. The predicted octanol–water partition coefficient (Wildman–Crippen LogP) is 6.53. The number of carbonyl (C=O) groups is 2. The van der Waals surface area contributed by atoms with Gasteiger partial charge in [0, 0.05) is 22.1 Å². The van der Waals surface area contributed by atoms with Crippen molar-refractivity contribution in [1.29, 1.82) is 0 Å². The number of amides is 2. The molecule has 0 radical (unpaired) electrons. The summed E-state index contributed by atoms with van der Waals surface area (Å²) in [6.07, 6.45) is 0.327. The molecule has 0 fully saturated rings. The van der Waals surface area contributed by atoms with Crippen LogP contribution in [0.5, 0.6) is 0 Å². The highest BCUT2D eigenvalue weighted by atomic mass is 35.5. The molecule has 0 aliphatic rings. The minimum Gasteiger partial charge on any atom is -0.350 e. The van der Waals surface area contributed by atoms with E-state index in [1.165, 1.54) is 35.2 Å². The Bertz CT molecular complexity index is 1480. The van der Waals surface area contributed by atoms with Crippen LogP contribution in [0.25, 0.3) is 0 Å². The van der Waals surface area contributed by atoms with Gasteiger partial charge in [-0.25, -0.2) is 8.42 Å². The summed E-state index contributed by atoms with van der Waals surface area (Å²) in [5, 5.41) is 3.41. The lowest BCUT2D eigenvalue weighted by Gasteiger charge is -2.35. The van der Waals surface area contributed by atoms with E-state index in [0.717, 1.165) is 21.0 Å². The third-order valence-corrected chi connectivity index (χ3v) is 8.73. The summed E-state index contributed by atoms with van der Waals surface area (Å²) < 4.78 is 29.0. The molecule has 41 heavy (non-hydrogen) atoms. The number of hydrogen-bond acceptors (Lipinski definition) is 4. The van der Waals surface area contributed by atoms with Gasteiger partial charge in [0.25, 0.3) is 10.0 Å². The van der Waals surface area contributed by atoms with Crippen LogP contribution in [0.1, 0.15) is 50.8 Å². The molecule has 220 valence electrons. The summed E-state index contributed by atoms with van der Waals surface area (Å²) in [6, 6.07) is 17.5. The molecule has 10 heteroatoms. The van der Waals surface area contributed by atoms with E-state index in [0.29, 0.717) is 6.42 Å². The van der Waals surface area contributed by atoms with Crippen LogP contribution >= 0.6 is 23.2 Å². The monoisotopic (exact) mass is 617 g/mol. The average molecular weight is 619 g/mol. The van der Waals surface area contributed by atoms with Gasteiger partial charge in [-0.1, -0.05) is 72.1 Å². The van der Waals surface area contributed by atoms with E-state index in [1.54, 1.807) is 12.1 Å². The highest BCUT2D eigenvalue weighted by Gasteiger charge is 2.35. The molecule has 0 bridgehead atoms. The van der Waals surface area contributed by atoms with E-state index in [4.69, 9.17) is 23.2 Å². The lowest BCUT2D eigenvalue weighted by Crippen LogP contribution is -2.55. The lowest BCUT2D eigenvalue weighted by atomic mass is 10.0. The van der Waals surface area contributed by atoms with E-state index in [2.05, 4.69) is 5.32 Å². The molecule has 0 aromatic heterocycles. The second-order valence-corrected chi connectivity index (χ2v) is 13.8. The van der Waals surface area contributed by atoms with Gasteiger partial charge in [0.1, 0.15) is 12.6 Å². The molecule has 2 amide bonds. The van der Waals surface area contributed by atoms with Crippen molar-refractivity contribution in [2.75, 3.05) is 10.8 Å². The Morgan fingerprint density at radius 2 is 1.51 bits per heavy atom. The highest BCUT2D eigenvalue weighted by molar-refractivity contribution is 7.92. The molecule has 3 aromatic rings. The number of nitrogens with one attached hydrogen (secondary N) is 1. The Morgan fingerprint density at radius 1 is 0.927 bits per heavy atom. The van der Waals surface area contributed by atoms with Crippen molar-refractivity contribution in [3.05, 3.63) is 93.5 Å². The average Bonchev–Trinajstić information content (AvgIpc) is 2.86. The summed E-state index contributed by atoms with van der Waals surface area (Å²) in [5.74, 6) is -0.864. The maximum absolute atomic E-state index is 14.2. The Morgan fingerprint density at radius 3 is 2.05 bits per heavy atom. The van der Waals surface area contributed by atoms with Gasteiger partial charge in [-0.05, 0) is 82.5 Å². The zero-order valence-corrected chi connectivity index (χ0v) is 26.6. The summed E-state index contributed by atoms with van der Waals surface area (Å²) in [7, 11) is -4.23.